The molecule has 128 valence electrons. The number of rotatable bonds is 4. The Labute approximate surface area is 148 Å². The molecule has 2 heterocycles. The fourth-order valence-electron chi connectivity index (χ4n) is 3.10. The predicted octanol–water partition coefficient (Wildman–Crippen LogP) is 3.10. The van der Waals surface area contributed by atoms with E-state index in [2.05, 4.69) is 10.3 Å². The fourth-order valence-corrected chi connectivity index (χ4v) is 4.25. The number of para-hydroxylation sites is 1. The van der Waals surface area contributed by atoms with Crippen LogP contribution in [0.2, 0.25) is 0 Å². The first-order chi connectivity index (χ1) is 12.2. The number of benzene rings is 1. The number of thiazole rings is 1. The van der Waals surface area contributed by atoms with E-state index >= 15 is 0 Å². The first kappa shape index (κ1) is 16.0. The van der Waals surface area contributed by atoms with Gasteiger partial charge in [0.05, 0.1) is 16.1 Å². The van der Waals surface area contributed by atoms with Crippen molar-refractivity contribution in [1.82, 2.24) is 10.3 Å². The Morgan fingerprint density at radius 3 is 2.96 bits per heavy atom. The van der Waals surface area contributed by atoms with E-state index < -0.39 is 0 Å². The molecule has 4 rings (SSSR count). The highest BCUT2D eigenvalue weighted by molar-refractivity contribution is 7.11. The second kappa shape index (κ2) is 6.80. The molecule has 0 radical (unpaired) electrons. The Kier molecular flexibility index (Phi) is 4.36. The quantitative estimate of drug-likeness (QED) is 0.781. The van der Waals surface area contributed by atoms with Crippen molar-refractivity contribution in [1.29, 1.82) is 0 Å². The smallest absolute Gasteiger partial charge is 0.287 e. The van der Waals surface area contributed by atoms with Crippen LogP contribution in [-0.4, -0.2) is 17.4 Å². The van der Waals surface area contributed by atoms with Crippen molar-refractivity contribution in [2.24, 2.45) is 0 Å². The van der Waals surface area contributed by atoms with Gasteiger partial charge in [-0.2, -0.15) is 0 Å². The summed E-state index contributed by atoms with van der Waals surface area (Å²) in [6.07, 6.45) is 5.35. The lowest BCUT2D eigenvalue weighted by Gasteiger charge is -2.06. The molecule has 0 saturated heterocycles. The molecule has 25 heavy (non-hydrogen) atoms. The molecule has 5 nitrogen and oxygen atoms in total. The van der Waals surface area contributed by atoms with Crippen molar-refractivity contribution in [3.8, 4) is 0 Å². The Hall–Kier alpha value is -2.47. The Morgan fingerprint density at radius 1 is 1.24 bits per heavy atom. The summed E-state index contributed by atoms with van der Waals surface area (Å²) in [5.41, 5.74) is 1.45. The van der Waals surface area contributed by atoms with E-state index in [1.54, 1.807) is 35.6 Å². The minimum absolute atomic E-state index is 0.0436. The highest BCUT2D eigenvalue weighted by Crippen LogP contribution is 2.26. The summed E-state index contributed by atoms with van der Waals surface area (Å²) in [7, 11) is 0. The molecule has 0 saturated carbocycles. The molecule has 1 aromatic carbocycles. The summed E-state index contributed by atoms with van der Waals surface area (Å²) in [5, 5.41) is 4.36. The second-order valence-corrected chi connectivity index (χ2v) is 7.33. The van der Waals surface area contributed by atoms with Crippen molar-refractivity contribution < 1.29 is 9.21 Å². The van der Waals surface area contributed by atoms with Gasteiger partial charge in [0.15, 0.2) is 11.2 Å². The standard InChI is InChI=1S/C19H18N2O3S/c22-14-11-16(24-15-7-3-1-5-12(14)15)19(23)20-10-9-18-21-13-6-2-4-8-17(13)25-18/h1,3,5,7,11H,2,4,6,8-10H2,(H,20,23). The van der Waals surface area contributed by atoms with Crippen molar-refractivity contribution in [2.45, 2.75) is 32.1 Å². The van der Waals surface area contributed by atoms with Crippen LogP contribution >= 0.6 is 11.3 Å². The van der Waals surface area contributed by atoms with Crippen molar-refractivity contribution in [3.05, 3.63) is 61.9 Å². The monoisotopic (exact) mass is 354 g/mol. The largest absolute Gasteiger partial charge is 0.451 e. The molecule has 6 heteroatoms. The zero-order chi connectivity index (χ0) is 17.2. The second-order valence-electron chi connectivity index (χ2n) is 6.16. The molecule has 1 aliphatic carbocycles. The normalized spacial score (nSPS) is 13.6. The number of carbonyl (C=O) groups excluding carboxylic acids is 1. The number of hydrogen-bond donors (Lipinski definition) is 1. The number of carbonyl (C=O) groups is 1. The highest BCUT2D eigenvalue weighted by atomic mass is 32.1. The lowest BCUT2D eigenvalue weighted by atomic mass is 10.0. The molecule has 0 spiro atoms. The van der Waals surface area contributed by atoms with Gasteiger partial charge in [0.2, 0.25) is 0 Å². The van der Waals surface area contributed by atoms with Crippen LogP contribution in [-0.2, 0) is 19.3 Å². The van der Waals surface area contributed by atoms with Crippen LogP contribution in [0.5, 0.6) is 0 Å². The maximum absolute atomic E-state index is 12.3. The zero-order valence-corrected chi connectivity index (χ0v) is 14.5. The van der Waals surface area contributed by atoms with E-state index in [0.717, 1.165) is 17.8 Å². The molecule has 2 aromatic heterocycles. The third kappa shape index (κ3) is 3.35. The summed E-state index contributed by atoms with van der Waals surface area (Å²) in [6, 6.07) is 8.17. The van der Waals surface area contributed by atoms with E-state index in [9.17, 15) is 9.59 Å². The molecule has 0 aliphatic heterocycles. The van der Waals surface area contributed by atoms with Crippen molar-refractivity contribution in [3.63, 3.8) is 0 Å². The molecule has 1 N–H and O–H groups in total. The first-order valence-electron chi connectivity index (χ1n) is 8.49. The Balaban J connectivity index is 1.42. The molecule has 3 aromatic rings. The van der Waals surface area contributed by atoms with E-state index in [4.69, 9.17) is 4.42 Å². The van der Waals surface area contributed by atoms with E-state index in [0.29, 0.717) is 23.9 Å². The number of hydrogen-bond acceptors (Lipinski definition) is 5. The number of aryl methyl sites for hydroxylation is 2. The van der Waals surface area contributed by atoms with Crippen LogP contribution in [0.1, 0.15) is 39.0 Å². The molecule has 1 amide bonds. The lowest BCUT2D eigenvalue weighted by molar-refractivity contribution is 0.0927. The van der Waals surface area contributed by atoms with Gasteiger partial charge in [-0.15, -0.1) is 11.3 Å². The maximum atomic E-state index is 12.3. The maximum Gasteiger partial charge on any atom is 0.287 e. The average molecular weight is 354 g/mol. The Morgan fingerprint density at radius 2 is 2.08 bits per heavy atom. The molecule has 1 aliphatic rings. The van der Waals surface area contributed by atoms with Crippen LogP contribution in [0.15, 0.2) is 39.5 Å². The topological polar surface area (TPSA) is 72.2 Å². The molecule has 0 fully saturated rings. The molecular weight excluding hydrogens is 336 g/mol. The van der Waals surface area contributed by atoms with Gasteiger partial charge in [-0.3, -0.25) is 9.59 Å². The Bertz CT molecular complexity index is 966. The highest BCUT2D eigenvalue weighted by Gasteiger charge is 2.16. The van der Waals surface area contributed by atoms with Crippen molar-refractivity contribution >= 4 is 28.2 Å². The molecule has 0 atom stereocenters. The van der Waals surface area contributed by atoms with Gasteiger partial charge >= 0.3 is 0 Å². The third-order valence-electron chi connectivity index (χ3n) is 4.37. The first-order valence-corrected chi connectivity index (χ1v) is 9.31. The van der Waals surface area contributed by atoms with E-state index in [1.165, 1.54) is 29.5 Å². The minimum Gasteiger partial charge on any atom is -0.451 e. The number of aromatic nitrogens is 1. The van der Waals surface area contributed by atoms with Gasteiger partial charge in [-0.05, 0) is 37.8 Å². The van der Waals surface area contributed by atoms with Crippen molar-refractivity contribution in [2.75, 3.05) is 6.54 Å². The summed E-state index contributed by atoms with van der Waals surface area (Å²) in [6.45, 7) is 0.474. The molecule has 0 unspecified atom stereocenters. The number of fused-ring (bicyclic) bond motifs is 2. The van der Waals surface area contributed by atoms with Gasteiger partial charge < -0.3 is 9.73 Å². The summed E-state index contributed by atoms with van der Waals surface area (Å²) in [4.78, 5) is 30.4. The van der Waals surface area contributed by atoms with Crippen LogP contribution < -0.4 is 10.7 Å². The van der Waals surface area contributed by atoms with Gasteiger partial charge in [0.25, 0.3) is 5.91 Å². The number of nitrogens with one attached hydrogen (secondary N) is 1. The van der Waals surface area contributed by atoms with Gasteiger partial charge in [-0.1, -0.05) is 12.1 Å². The summed E-state index contributed by atoms with van der Waals surface area (Å²) < 4.78 is 5.55. The average Bonchev–Trinajstić information content (AvgIpc) is 3.04. The zero-order valence-electron chi connectivity index (χ0n) is 13.7. The van der Waals surface area contributed by atoms with E-state index in [-0.39, 0.29) is 17.1 Å². The summed E-state index contributed by atoms with van der Waals surface area (Å²) >= 11 is 1.75. The van der Waals surface area contributed by atoms with Crippen LogP contribution in [0.4, 0.5) is 0 Å². The van der Waals surface area contributed by atoms with Crippen LogP contribution in [0.25, 0.3) is 11.0 Å². The lowest BCUT2D eigenvalue weighted by Crippen LogP contribution is -2.26. The molecule has 0 bridgehead atoms. The van der Waals surface area contributed by atoms with Crippen LogP contribution in [0, 0.1) is 0 Å². The van der Waals surface area contributed by atoms with Gasteiger partial charge in [0.1, 0.15) is 5.58 Å². The SMILES string of the molecule is O=C(NCCc1nc2c(s1)CCCC2)c1cc(=O)c2ccccc2o1. The number of amides is 1. The third-order valence-corrected chi connectivity index (χ3v) is 5.59. The molecular formula is C19H18N2O3S. The van der Waals surface area contributed by atoms with Crippen LogP contribution in [0.3, 0.4) is 0 Å². The number of nitrogens with zero attached hydrogens (tertiary/aromatic N) is 1. The summed E-state index contributed by atoms with van der Waals surface area (Å²) in [5.74, 6) is -0.327. The fraction of sp³-hybridized carbons (Fsp3) is 0.316. The van der Waals surface area contributed by atoms with E-state index in [1.807, 2.05) is 0 Å². The minimum atomic E-state index is -0.371. The van der Waals surface area contributed by atoms with Gasteiger partial charge in [-0.25, -0.2) is 4.98 Å². The predicted molar refractivity (Wildman–Crippen MR) is 97.3 cm³/mol. The van der Waals surface area contributed by atoms with Gasteiger partial charge in [0, 0.05) is 23.9 Å².